The van der Waals surface area contributed by atoms with Crippen LogP contribution in [0.3, 0.4) is 0 Å². The number of benzene rings is 1. The first kappa shape index (κ1) is 12.5. The second-order valence-electron chi connectivity index (χ2n) is 3.36. The van der Waals surface area contributed by atoms with Gasteiger partial charge in [-0.2, -0.15) is 0 Å². The average molecular weight is 230 g/mol. The van der Waals surface area contributed by atoms with Crippen molar-refractivity contribution in [2.45, 2.75) is 12.7 Å². The predicted octanol–water partition coefficient (Wildman–Crippen LogP) is 1.44. The normalized spacial score (nSPS) is 12.7. The first-order valence-electron chi connectivity index (χ1n) is 4.87. The first-order valence-corrected chi connectivity index (χ1v) is 5.25. The maximum atomic E-state index is 9.37. The Hall–Kier alpha value is -0.610. The summed E-state index contributed by atoms with van der Waals surface area (Å²) in [6.45, 7) is 1.34. The number of rotatable bonds is 6. The smallest absolute Gasteiger partial charge is 0.0897 e. The molecular weight excluding hydrogens is 214 g/mol. The minimum atomic E-state index is -0.464. The molecule has 15 heavy (non-hydrogen) atoms. The highest BCUT2D eigenvalue weighted by atomic mass is 35.5. The van der Waals surface area contributed by atoms with Gasteiger partial charge in [-0.1, -0.05) is 23.7 Å². The molecule has 1 rings (SSSR count). The van der Waals surface area contributed by atoms with Gasteiger partial charge in [-0.05, 0) is 24.7 Å². The molecule has 1 unspecified atom stereocenters. The summed E-state index contributed by atoms with van der Waals surface area (Å²) in [7, 11) is 1.79. The van der Waals surface area contributed by atoms with Crippen molar-refractivity contribution in [3.63, 3.8) is 0 Å². The van der Waals surface area contributed by atoms with Crippen LogP contribution in [0.5, 0.6) is 0 Å². The Morgan fingerprint density at radius 1 is 1.53 bits per heavy atom. The second-order valence-corrected chi connectivity index (χ2v) is 3.79. The lowest BCUT2D eigenvalue weighted by Gasteiger charge is -2.10. The van der Waals surface area contributed by atoms with Crippen LogP contribution in [0, 0.1) is 0 Å². The van der Waals surface area contributed by atoms with Gasteiger partial charge in [0.2, 0.25) is 0 Å². The Morgan fingerprint density at radius 2 is 2.33 bits per heavy atom. The van der Waals surface area contributed by atoms with Crippen LogP contribution in [0.15, 0.2) is 24.3 Å². The molecule has 0 spiro atoms. The molecule has 0 saturated heterocycles. The van der Waals surface area contributed by atoms with Crippen molar-refractivity contribution in [3.05, 3.63) is 34.9 Å². The number of halogens is 1. The zero-order valence-electron chi connectivity index (χ0n) is 8.74. The van der Waals surface area contributed by atoms with Crippen LogP contribution in [0.25, 0.3) is 0 Å². The molecule has 3 nitrogen and oxygen atoms in total. The van der Waals surface area contributed by atoms with Gasteiger partial charge in [-0.25, -0.2) is 0 Å². The molecule has 0 aromatic heterocycles. The summed E-state index contributed by atoms with van der Waals surface area (Å²) in [5.74, 6) is 0. The molecule has 84 valence electrons. The van der Waals surface area contributed by atoms with Crippen LogP contribution in [-0.4, -0.2) is 31.4 Å². The van der Waals surface area contributed by atoms with Crippen LogP contribution in [0.4, 0.5) is 0 Å². The summed E-state index contributed by atoms with van der Waals surface area (Å²) in [5.41, 5.74) is 1.01. The fourth-order valence-electron chi connectivity index (χ4n) is 1.23. The summed E-state index contributed by atoms with van der Waals surface area (Å²) in [4.78, 5) is 0. The fraction of sp³-hybridized carbons (Fsp3) is 0.455. The lowest BCUT2D eigenvalue weighted by molar-refractivity contribution is 0.0297. The summed E-state index contributed by atoms with van der Waals surface area (Å²) in [6.07, 6.45) is -0.464. The van der Waals surface area contributed by atoms with Gasteiger partial charge in [0.05, 0.1) is 19.3 Å². The zero-order valence-corrected chi connectivity index (χ0v) is 9.50. The van der Waals surface area contributed by atoms with Crippen LogP contribution < -0.4 is 5.32 Å². The van der Waals surface area contributed by atoms with Gasteiger partial charge in [-0.15, -0.1) is 0 Å². The predicted molar refractivity (Wildman–Crippen MR) is 61.0 cm³/mol. The van der Waals surface area contributed by atoms with Crippen LogP contribution in [0.1, 0.15) is 5.56 Å². The van der Waals surface area contributed by atoms with Crippen molar-refractivity contribution in [2.24, 2.45) is 0 Å². The number of likely N-dealkylation sites (N-methyl/N-ethyl adjacent to an activating group) is 1. The van der Waals surface area contributed by atoms with Crippen LogP contribution in [0.2, 0.25) is 5.02 Å². The summed E-state index contributed by atoms with van der Waals surface area (Å²) < 4.78 is 5.34. The average Bonchev–Trinajstić information content (AvgIpc) is 2.18. The molecule has 0 bridgehead atoms. The number of ether oxygens (including phenoxy) is 1. The quantitative estimate of drug-likeness (QED) is 0.776. The highest BCUT2D eigenvalue weighted by Gasteiger charge is 2.02. The van der Waals surface area contributed by atoms with Crippen molar-refractivity contribution in [1.29, 1.82) is 0 Å². The van der Waals surface area contributed by atoms with Gasteiger partial charge in [0.15, 0.2) is 0 Å². The monoisotopic (exact) mass is 229 g/mol. The lowest BCUT2D eigenvalue weighted by atomic mass is 10.2. The standard InChI is InChI=1S/C11H16ClNO2/c1-13-6-11(14)8-15-7-9-3-2-4-10(12)5-9/h2-5,11,13-14H,6-8H2,1H3. The maximum absolute atomic E-state index is 9.37. The van der Waals surface area contributed by atoms with E-state index in [1.165, 1.54) is 0 Å². The summed E-state index contributed by atoms with van der Waals surface area (Å²) in [5, 5.41) is 12.9. The van der Waals surface area contributed by atoms with Gasteiger partial charge in [0, 0.05) is 11.6 Å². The van der Waals surface area contributed by atoms with Crippen molar-refractivity contribution < 1.29 is 9.84 Å². The molecule has 2 N–H and O–H groups in total. The van der Waals surface area contributed by atoms with E-state index in [1.807, 2.05) is 24.3 Å². The van der Waals surface area contributed by atoms with E-state index >= 15 is 0 Å². The lowest BCUT2D eigenvalue weighted by Crippen LogP contribution is -2.27. The highest BCUT2D eigenvalue weighted by Crippen LogP contribution is 2.11. The molecular formula is C11H16ClNO2. The van der Waals surface area contributed by atoms with E-state index in [1.54, 1.807) is 7.05 Å². The molecule has 1 aromatic carbocycles. The third kappa shape index (κ3) is 5.14. The van der Waals surface area contributed by atoms with Crippen molar-refractivity contribution >= 4 is 11.6 Å². The summed E-state index contributed by atoms with van der Waals surface area (Å²) in [6, 6.07) is 7.49. The molecule has 0 radical (unpaired) electrons. The van der Waals surface area contributed by atoms with Gasteiger partial charge >= 0.3 is 0 Å². The zero-order chi connectivity index (χ0) is 11.1. The minimum absolute atomic E-state index is 0.327. The van der Waals surface area contributed by atoms with E-state index in [9.17, 15) is 5.11 Å². The highest BCUT2D eigenvalue weighted by molar-refractivity contribution is 6.30. The van der Waals surface area contributed by atoms with E-state index in [0.29, 0.717) is 24.8 Å². The van der Waals surface area contributed by atoms with Gasteiger partial charge in [0.1, 0.15) is 0 Å². The Balaban J connectivity index is 2.25. The van der Waals surface area contributed by atoms with Gasteiger partial charge < -0.3 is 15.2 Å². The van der Waals surface area contributed by atoms with E-state index < -0.39 is 6.10 Å². The number of aliphatic hydroxyl groups excluding tert-OH is 1. The van der Waals surface area contributed by atoms with E-state index in [2.05, 4.69) is 5.32 Å². The van der Waals surface area contributed by atoms with Crippen molar-refractivity contribution in [2.75, 3.05) is 20.2 Å². The molecule has 0 aliphatic rings. The number of hydrogen-bond donors (Lipinski definition) is 2. The molecule has 1 aromatic rings. The SMILES string of the molecule is CNCC(O)COCc1cccc(Cl)c1. The molecule has 0 fully saturated rings. The number of aliphatic hydroxyl groups is 1. The van der Waals surface area contributed by atoms with Gasteiger partial charge in [0.25, 0.3) is 0 Å². The van der Waals surface area contributed by atoms with Crippen LogP contribution in [-0.2, 0) is 11.3 Å². The first-order chi connectivity index (χ1) is 7.22. The Kier molecular flexibility index (Phi) is 5.65. The van der Waals surface area contributed by atoms with Crippen molar-refractivity contribution in [3.8, 4) is 0 Å². The van der Waals surface area contributed by atoms with Crippen LogP contribution >= 0.6 is 11.6 Å². The molecule has 0 aliphatic carbocycles. The number of hydrogen-bond acceptors (Lipinski definition) is 3. The van der Waals surface area contributed by atoms with Crippen molar-refractivity contribution in [1.82, 2.24) is 5.32 Å². The second kappa shape index (κ2) is 6.80. The fourth-order valence-corrected chi connectivity index (χ4v) is 1.45. The topological polar surface area (TPSA) is 41.5 Å². The molecule has 4 heteroatoms. The molecule has 0 heterocycles. The Labute approximate surface area is 95.0 Å². The van der Waals surface area contributed by atoms with E-state index in [-0.39, 0.29) is 0 Å². The number of nitrogens with one attached hydrogen (secondary N) is 1. The molecule has 1 atom stereocenters. The maximum Gasteiger partial charge on any atom is 0.0897 e. The molecule has 0 saturated carbocycles. The molecule has 0 aliphatic heterocycles. The van der Waals surface area contributed by atoms with E-state index in [0.717, 1.165) is 5.56 Å². The Bertz CT molecular complexity index is 294. The van der Waals surface area contributed by atoms with E-state index in [4.69, 9.17) is 16.3 Å². The third-order valence-electron chi connectivity index (χ3n) is 1.91. The third-order valence-corrected chi connectivity index (χ3v) is 2.14. The molecule has 0 amide bonds. The largest absolute Gasteiger partial charge is 0.389 e. The van der Waals surface area contributed by atoms with Gasteiger partial charge in [-0.3, -0.25) is 0 Å². The minimum Gasteiger partial charge on any atom is -0.389 e. The Morgan fingerprint density at radius 3 is 3.00 bits per heavy atom. The summed E-state index contributed by atoms with van der Waals surface area (Å²) >= 11 is 5.82.